The van der Waals surface area contributed by atoms with Gasteiger partial charge < -0.3 is 5.73 Å². The van der Waals surface area contributed by atoms with E-state index in [9.17, 15) is 13.6 Å². The van der Waals surface area contributed by atoms with Crippen molar-refractivity contribution in [3.8, 4) is 0 Å². The van der Waals surface area contributed by atoms with Crippen LogP contribution < -0.4 is 5.73 Å². The number of rotatable bonds is 2. The van der Waals surface area contributed by atoms with Crippen molar-refractivity contribution in [1.29, 1.82) is 0 Å². The molecule has 0 spiro atoms. The third kappa shape index (κ3) is 2.46. The number of halogens is 2. The number of para-hydroxylation sites is 1. The molecule has 0 aliphatic rings. The van der Waals surface area contributed by atoms with E-state index in [1.165, 1.54) is 24.3 Å². The number of benzene rings is 2. The van der Waals surface area contributed by atoms with Crippen molar-refractivity contribution in [1.82, 2.24) is 9.78 Å². The zero-order chi connectivity index (χ0) is 15.7. The maximum absolute atomic E-state index is 13.9. The Morgan fingerprint density at radius 1 is 1.09 bits per heavy atom. The first kappa shape index (κ1) is 13.9. The van der Waals surface area contributed by atoms with Gasteiger partial charge in [-0.2, -0.15) is 9.78 Å². The Bertz CT molecular complexity index is 882. The molecule has 2 aromatic carbocycles. The predicted octanol–water partition coefficient (Wildman–Crippen LogP) is 3.41. The van der Waals surface area contributed by atoms with Gasteiger partial charge in [0.05, 0.1) is 5.69 Å². The molecule has 0 bridgehead atoms. The highest BCUT2D eigenvalue weighted by Gasteiger charge is 2.15. The largest absolute Gasteiger partial charge is 0.350 e. The second-order valence-corrected chi connectivity index (χ2v) is 4.66. The smallest absolute Gasteiger partial charge is 0.340 e. The number of carbonyl (C=O) groups excluding carboxylic acids is 1. The van der Waals surface area contributed by atoms with Crippen molar-refractivity contribution in [3.05, 3.63) is 65.4 Å². The summed E-state index contributed by atoms with van der Waals surface area (Å²) in [6, 6.07) is 9.40. The lowest BCUT2D eigenvalue weighted by molar-refractivity contribution is 0.248. The highest BCUT2D eigenvalue weighted by molar-refractivity contribution is 5.95. The van der Waals surface area contributed by atoms with Crippen LogP contribution in [0.25, 0.3) is 23.1 Å². The van der Waals surface area contributed by atoms with E-state index < -0.39 is 11.8 Å². The van der Waals surface area contributed by atoms with E-state index >= 15 is 0 Å². The number of hydrogen-bond donors (Lipinski definition) is 1. The molecule has 0 aliphatic heterocycles. The van der Waals surface area contributed by atoms with Crippen molar-refractivity contribution < 1.29 is 13.6 Å². The maximum Gasteiger partial charge on any atom is 0.340 e. The number of nitrogens with zero attached hydrogens (tertiary/aromatic N) is 2. The molecule has 3 aromatic rings. The summed E-state index contributed by atoms with van der Waals surface area (Å²) >= 11 is 0. The molecule has 110 valence electrons. The van der Waals surface area contributed by atoms with Crippen LogP contribution >= 0.6 is 0 Å². The maximum atomic E-state index is 13.9. The number of amides is 1. The molecule has 2 N–H and O–H groups in total. The average Bonchev–Trinajstić information content (AvgIpc) is 2.87. The third-order valence-corrected chi connectivity index (χ3v) is 3.19. The van der Waals surface area contributed by atoms with Crippen LogP contribution in [0.1, 0.15) is 11.3 Å². The highest BCUT2D eigenvalue weighted by Crippen LogP contribution is 2.23. The molecule has 22 heavy (non-hydrogen) atoms. The summed E-state index contributed by atoms with van der Waals surface area (Å²) in [6.07, 6.45) is 3.31. The Morgan fingerprint density at radius 3 is 2.50 bits per heavy atom. The zero-order valence-electron chi connectivity index (χ0n) is 11.3. The van der Waals surface area contributed by atoms with E-state index in [0.29, 0.717) is 11.1 Å². The number of carbonyl (C=O) groups is 1. The van der Waals surface area contributed by atoms with Crippen LogP contribution in [0.2, 0.25) is 0 Å². The minimum Gasteiger partial charge on any atom is -0.350 e. The Balaban J connectivity index is 2.09. The standard InChI is InChI=1S/C16H11F2N3O/c17-11-7-4-10(5-8-11)6-9-14-12-2-1-3-13(18)15(12)21(20-14)16(19)22/h1-9H,(H2,19,22). The van der Waals surface area contributed by atoms with Gasteiger partial charge in [0, 0.05) is 5.39 Å². The second kappa shape index (κ2) is 5.40. The monoisotopic (exact) mass is 299 g/mol. The normalized spacial score (nSPS) is 11.4. The fourth-order valence-corrected chi connectivity index (χ4v) is 2.18. The molecule has 6 heteroatoms. The van der Waals surface area contributed by atoms with E-state index in [4.69, 9.17) is 5.73 Å². The van der Waals surface area contributed by atoms with E-state index in [1.54, 1.807) is 30.4 Å². The van der Waals surface area contributed by atoms with Gasteiger partial charge in [0.2, 0.25) is 0 Å². The Labute approximate surface area is 124 Å². The highest BCUT2D eigenvalue weighted by atomic mass is 19.1. The predicted molar refractivity (Wildman–Crippen MR) is 80.0 cm³/mol. The molecule has 0 atom stereocenters. The summed E-state index contributed by atoms with van der Waals surface area (Å²) in [5.74, 6) is -0.909. The Kier molecular flexibility index (Phi) is 3.42. The average molecular weight is 299 g/mol. The van der Waals surface area contributed by atoms with Crippen LogP contribution in [0.3, 0.4) is 0 Å². The van der Waals surface area contributed by atoms with Crippen LogP contribution in [-0.4, -0.2) is 15.8 Å². The van der Waals surface area contributed by atoms with Crippen molar-refractivity contribution in [2.75, 3.05) is 0 Å². The van der Waals surface area contributed by atoms with E-state index in [0.717, 1.165) is 10.2 Å². The van der Waals surface area contributed by atoms with Gasteiger partial charge in [0.15, 0.2) is 0 Å². The molecule has 1 amide bonds. The quantitative estimate of drug-likeness (QED) is 0.788. The van der Waals surface area contributed by atoms with Crippen LogP contribution in [0, 0.1) is 11.6 Å². The van der Waals surface area contributed by atoms with E-state index in [-0.39, 0.29) is 11.3 Å². The number of fused-ring (bicyclic) bond motifs is 1. The molecule has 0 fully saturated rings. The van der Waals surface area contributed by atoms with Gasteiger partial charge in [-0.1, -0.05) is 30.3 Å². The molecule has 0 unspecified atom stereocenters. The Morgan fingerprint density at radius 2 is 1.82 bits per heavy atom. The van der Waals surface area contributed by atoms with Gasteiger partial charge in [-0.3, -0.25) is 0 Å². The summed E-state index contributed by atoms with van der Waals surface area (Å²) in [4.78, 5) is 11.4. The summed E-state index contributed by atoms with van der Waals surface area (Å²) in [7, 11) is 0. The molecular formula is C16H11F2N3O. The van der Waals surface area contributed by atoms with E-state index in [2.05, 4.69) is 5.10 Å². The first-order valence-electron chi connectivity index (χ1n) is 6.47. The van der Waals surface area contributed by atoms with E-state index in [1.807, 2.05) is 0 Å². The molecule has 0 saturated carbocycles. The fourth-order valence-electron chi connectivity index (χ4n) is 2.18. The summed E-state index contributed by atoms with van der Waals surface area (Å²) in [6.45, 7) is 0. The number of hydrogen-bond acceptors (Lipinski definition) is 2. The summed E-state index contributed by atoms with van der Waals surface area (Å²) in [5.41, 5.74) is 6.40. The molecule has 0 radical (unpaired) electrons. The van der Waals surface area contributed by atoms with Crippen LogP contribution in [0.5, 0.6) is 0 Å². The molecule has 1 aromatic heterocycles. The molecule has 4 nitrogen and oxygen atoms in total. The van der Waals surface area contributed by atoms with Crippen LogP contribution in [0.15, 0.2) is 42.5 Å². The SMILES string of the molecule is NC(=O)n1nc(C=Cc2ccc(F)cc2)c2cccc(F)c21. The van der Waals surface area contributed by atoms with Crippen molar-refractivity contribution in [2.24, 2.45) is 5.73 Å². The number of primary amides is 1. The molecule has 3 rings (SSSR count). The molecule has 0 aliphatic carbocycles. The lowest BCUT2D eigenvalue weighted by Crippen LogP contribution is -2.21. The Hall–Kier alpha value is -3.02. The lowest BCUT2D eigenvalue weighted by Gasteiger charge is -1.96. The van der Waals surface area contributed by atoms with Crippen LogP contribution in [0.4, 0.5) is 13.6 Å². The van der Waals surface area contributed by atoms with Crippen molar-refractivity contribution in [2.45, 2.75) is 0 Å². The topological polar surface area (TPSA) is 60.9 Å². The van der Waals surface area contributed by atoms with Gasteiger partial charge in [0.25, 0.3) is 0 Å². The zero-order valence-corrected chi connectivity index (χ0v) is 11.3. The molecule has 1 heterocycles. The summed E-state index contributed by atoms with van der Waals surface area (Å²) < 4.78 is 27.6. The first-order valence-corrected chi connectivity index (χ1v) is 6.47. The fraction of sp³-hybridized carbons (Fsp3) is 0. The van der Waals surface area contributed by atoms with Gasteiger partial charge >= 0.3 is 6.03 Å². The minimum absolute atomic E-state index is 0.0359. The number of nitrogens with two attached hydrogens (primary N) is 1. The van der Waals surface area contributed by atoms with Gasteiger partial charge in [0.1, 0.15) is 17.2 Å². The van der Waals surface area contributed by atoms with Crippen molar-refractivity contribution >= 4 is 29.1 Å². The first-order chi connectivity index (χ1) is 10.6. The van der Waals surface area contributed by atoms with Gasteiger partial charge in [-0.25, -0.2) is 13.6 Å². The van der Waals surface area contributed by atoms with Crippen molar-refractivity contribution in [3.63, 3.8) is 0 Å². The lowest BCUT2D eigenvalue weighted by atomic mass is 10.1. The van der Waals surface area contributed by atoms with Crippen LogP contribution in [-0.2, 0) is 0 Å². The molecular weight excluding hydrogens is 288 g/mol. The van der Waals surface area contributed by atoms with Gasteiger partial charge in [-0.05, 0) is 29.8 Å². The third-order valence-electron chi connectivity index (χ3n) is 3.19. The molecule has 0 saturated heterocycles. The van der Waals surface area contributed by atoms with Gasteiger partial charge in [-0.15, -0.1) is 0 Å². The summed E-state index contributed by atoms with van der Waals surface area (Å²) in [5, 5.41) is 4.49. The number of aromatic nitrogens is 2. The minimum atomic E-state index is -0.864. The second-order valence-electron chi connectivity index (χ2n) is 4.66.